The SMILES string of the molecule is CCOC(=O)c1c(NC(=O)CSc2nnc(-c3ccc(N(C)C)cc3)n2CC)sc2c1CCC(C)C2. The average molecular weight is 528 g/mol. The fourth-order valence-electron chi connectivity index (χ4n) is 4.35. The number of amides is 1. The van der Waals surface area contributed by atoms with Crippen LogP contribution in [0.15, 0.2) is 29.4 Å². The summed E-state index contributed by atoms with van der Waals surface area (Å²) in [5.41, 5.74) is 3.65. The number of esters is 1. The number of rotatable bonds is 9. The minimum absolute atomic E-state index is 0.166. The van der Waals surface area contributed by atoms with Crippen molar-refractivity contribution in [1.29, 1.82) is 0 Å². The van der Waals surface area contributed by atoms with E-state index >= 15 is 0 Å². The minimum atomic E-state index is -0.358. The number of ether oxygens (including phenoxy) is 1. The quantitative estimate of drug-likeness (QED) is 0.305. The van der Waals surface area contributed by atoms with E-state index in [-0.39, 0.29) is 17.6 Å². The summed E-state index contributed by atoms with van der Waals surface area (Å²) < 4.78 is 7.32. The van der Waals surface area contributed by atoms with E-state index in [1.54, 1.807) is 6.92 Å². The predicted octanol–water partition coefficient (Wildman–Crippen LogP) is 5.12. The van der Waals surface area contributed by atoms with Gasteiger partial charge < -0.3 is 19.5 Å². The van der Waals surface area contributed by atoms with E-state index in [0.29, 0.717) is 34.8 Å². The molecular weight excluding hydrogens is 494 g/mol. The number of aromatic nitrogens is 3. The number of hydrogen-bond acceptors (Lipinski definition) is 8. The number of benzene rings is 1. The Labute approximate surface area is 220 Å². The zero-order valence-corrected chi connectivity index (χ0v) is 23.1. The van der Waals surface area contributed by atoms with Gasteiger partial charge in [0, 0.05) is 36.8 Å². The highest BCUT2D eigenvalue weighted by atomic mass is 32.2. The van der Waals surface area contributed by atoms with Crippen LogP contribution in [0.2, 0.25) is 0 Å². The smallest absolute Gasteiger partial charge is 0.341 e. The molecule has 0 radical (unpaired) electrons. The molecule has 3 aromatic rings. The van der Waals surface area contributed by atoms with E-state index in [4.69, 9.17) is 4.74 Å². The standard InChI is InChI=1S/C26H33N5O3S2/c1-6-31-23(17-9-11-18(12-10-17)30(4)5)28-29-26(31)35-15-21(32)27-24-22(25(33)34-7-2)19-13-8-16(3)14-20(19)36-24/h9-12,16H,6-8,13-15H2,1-5H3,(H,27,32). The Hall–Kier alpha value is -2.85. The Balaban J connectivity index is 1.48. The summed E-state index contributed by atoms with van der Waals surface area (Å²) in [6, 6.07) is 8.16. The molecule has 8 nitrogen and oxygen atoms in total. The van der Waals surface area contributed by atoms with Gasteiger partial charge in [-0.25, -0.2) is 4.79 Å². The first-order valence-corrected chi connectivity index (χ1v) is 14.1. The number of thioether (sulfide) groups is 1. The van der Waals surface area contributed by atoms with Crippen LogP contribution in [0.4, 0.5) is 10.7 Å². The van der Waals surface area contributed by atoms with Crippen LogP contribution in [-0.2, 0) is 28.9 Å². The molecule has 4 rings (SSSR count). The first-order valence-electron chi connectivity index (χ1n) is 12.3. The molecule has 0 bridgehead atoms. The van der Waals surface area contributed by atoms with Gasteiger partial charge in [0.05, 0.1) is 17.9 Å². The number of anilines is 2. The number of hydrogen-bond donors (Lipinski definition) is 1. The van der Waals surface area contributed by atoms with Crippen molar-refractivity contribution >= 4 is 45.7 Å². The molecule has 192 valence electrons. The Morgan fingerprint density at radius 1 is 1.22 bits per heavy atom. The van der Waals surface area contributed by atoms with Gasteiger partial charge in [0.2, 0.25) is 5.91 Å². The highest BCUT2D eigenvalue weighted by molar-refractivity contribution is 7.99. The van der Waals surface area contributed by atoms with Gasteiger partial charge in [0.25, 0.3) is 0 Å². The lowest BCUT2D eigenvalue weighted by atomic mass is 9.88. The first kappa shape index (κ1) is 26.2. The molecule has 0 fully saturated rings. The van der Waals surface area contributed by atoms with E-state index in [1.165, 1.54) is 28.0 Å². The summed E-state index contributed by atoms with van der Waals surface area (Å²) in [7, 11) is 4.01. The molecule has 1 N–H and O–H groups in total. The van der Waals surface area contributed by atoms with Crippen molar-refractivity contribution < 1.29 is 14.3 Å². The van der Waals surface area contributed by atoms with Crippen LogP contribution < -0.4 is 10.2 Å². The number of carbonyl (C=O) groups excluding carboxylic acids is 2. The van der Waals surface area contributed by atoms with Crippen molar-refractivity contribution in [2.75, 3.05) is 36.7 Å². The maximum absolute atomic E-state index is 12.9. The monoisotopic (exact) mass is 527 g/mol. The number of carbonyl (C=O) groups is 2. The second kappa shape index (κ2) is 11.5. The predicted molar refractivity (Wildman–Crippen MR) is 146 cm³/mol. The summed E-state index contributed by atoms with van der Waals surface area (Å²) in [6.07, 6.45) is 2.80. The largest absolute Gasteiger partial charge is 0.462 e. The molecule has 0 saturated heterocycles. The average Bonchev–Trinajstić information content (AvgIpc) is 3.43. The summed E-state index contributed by atoms with van der Waals surface area (Å²) in [5, 5.41) is 13.0. The molecule has 0 saturated carbocycles. The third-order valence-electron chi connectivity index (χ3n) is 6.25. The first-order chi connectivity index (χ1) is 17.3. The lowest BCUT2D eigenvalue weighted by molar-refractivity contribution is -0.113. The van der Waals surface area contributed by atoms with Crippen LogP contribution in [0.3, 0.4) is 0 Å². The van der Waals surface area contributed by atoms with Crippen molar-refractivity contribution in [2.45, 2.75) is 51.7 Å². The van der Waals surface area contributed by atoms with Gasteiger partial charge in [0.1, 0.15) is 5.00 Å². The highest BCUT2D eigenvalue weighted by Crippen LogP contribution is 2.40. The second-order valence-electron chi connectivity index (χ2n) is 9.10. The third-order valence-corrected chi connectivity index (χ3v) is 8.39. The summed E-state index contributed by atoms with van der Waals surface area (Å²) in [5.74, 6) is 0.969. The molecule has 1 aromatic carbocycles. The minimum Gasteiger partial charge on any atom is -0.462 e. The molecule has 1 unspecified atom stereocenters. The lowest BCUT2D eigenvalue weighted by Gasteiger charge is -2.18. The molecular formula is C26H33N5O3S2. The number of thiophene rings is 1. The topological polar surface area (TPSA) is 89.3 Å². The number of nitrogens with one attached hydrogen (secondary N) is 1. The van der Waals surface area contributed by atoms with Gasteiger partial charge in [-0.3, -0.25) is 4.79 Å². The van der Waals surface area contributed by atoms with Gasteiger partial charge in [-0.15, -0.1) is 21.5 Å². The van der Waals surface area contributed by atoms with Crippen LogP contribution >= 0.6 is 23.1 Å². The molecule has 1 amide bonds. The second-order valence-corrected chi connectivity index (χ2v) is 11.2. The zero-order chi connectivity index (χ0) is 25.8. The van der Waals surface area contributed by atoms with Crippen molar-refractivity contribution in [2.24, 2.45) is 5.92 Å². The van der Waals surface area contributed by atoms with E-state index in [9.17, 15) is 9.59 Å². The fraction of sp³-hybridized carbons (Fsp3) is 0.462. The molecule has 1 atom stereocenters. The third kappa shape index (κ3) is 5.59. The van der Waals surface area contributed by atoms with Crippen LogP contribution in [0, 0.1) is 5.92 Å². The molecule has 10 heteroatoms. The molecule has 2 aromatic heterocycles. The van der Waals surface area contributed by atoms with Crippen LogP contribution in [-0.4, -0.2) is 53.1 Å². The van der Waals surface area contributed by atoms with Crippen molar-refractivity contribution in [3.05, 3.63) is 40.3 Å². The van der Waals surface area contributed by atoms with Crippen LogP contribution in [0.1, 0.15) is 48.0 Å². The highest BCUT2D eigenvalue weighted by Gasteiger charge is 2.29. The Bertz CT molecular complexity index is 1230. The summed E-state index contributed by atoms with van der Waals surface area (Å²) in [6.45, 7) is 7.03. The zero-order valence-electron chi connectivity index (χ0n) is 21.5. The van der Waals surface area contributed by atoms with E-state index in [1.807, 2.05) is 54.8 Å². The van der Waals surface area contributed by atoms with E-state index in [2.05, 4.69) is 22.4 Å². The Morgan fingerprint density at radius 2 is 1.97 bits per heavy atom. The van der Waals surface area contributed by atoms with Crippen molar-refractivity contribution in [3.8, 4) is 11.4 Å². The van der Waals surface area contributed by atoms with Crippen LogP contribution in [0.5, 0.6) is 0 Å². The van der Waals surface area contributed by atoms with E-state index < -0.39 is 0 Å². The van der Waals surface area contributed by atoms with Gasteiger partial charge in [0.15, 0.2) is 11.0 Å². The summed E-state index contributed by atoms with van der Waals surface area (Å²) >= 11 is 2.84. The maximum atomic E-state index is 12.9. The molecule has 1 aliphatic carbocycles. The molecule has 1 aliphatic rings. The van der Waals surface area contributed by atoms with E-state index in [0.717, 1.165) is 41.9 Å². The van der Waals surface area contributed by atoms with Gasteiger partial charge in [-0.05, 0) is 68.9 Å². The Morgan fingerprint density at radius 3 is 2.64 bits per heavy atom. The maximum Gasteiger partial charge on any atom is 0.341 e. The molecule has 0 aliphatic heterocycles. The molecule has 0 spiro atoms. The summed E-state index contributed by atoms with van der Waals surface area (Å²) in [4.78, 5) is 28.9. The van der Waals surface area contributed by atoms with Crippen molar-refractivity contribution in [3.63, 3.8) is 0 Å². The van der Waals surface area contributed by atoms with Crippen molar-refractivity contribution in [1.82, 2.24) is 14.8 Å². The number of fused-ring (bicyclic) bond motifs is 1. The molecule has 2 heterocycles. The Kier molecular flexibility index (Phi) is 8.35. The fourth-order valence-corrected chi connectivity index (χ4v) is 6.57. The molecule has 36 heavy (non-hydrogen) atoms. The van der Waals surface area contributed by atoms with Crippen LogP contribution in [0.25, 0.3) is 11.4 Å². The number of nitrogens with zero attached hydrogens (tertiary/aromatic N) is 4. The van der Waals surface area contributed by atoms with Gasteiger partial charge in [-0.2, -0.15) is 0 Å². The van der Waals surface area contributed by atoms with Gasteiger partial charge in [-0.1, -0.05) is 18.7 Å². The van der Waals surface area contributed by atoms with Gasteiger partial charge >= 0.3 is 5.97 Å². The normalized spacial score (nSPS) is 14.9. The lowest BCUT2D eigenvalue weighted by Crippen LogP contribution is -2.18.